The van der Waals surface area contributed by atoms with Gasteiger partial charge in [0.25, 0.3) is 5.56 Å². The third-order valence-corrected chi connectivity index (χ3v) is 3.29. The second kappa shape index (κ2) is 4.24. The number of carbonyl (C=O) groups excluding carboxylic acids is 1. The van der Waals surface area contributed by atoms with E-state index in [9.17, 15) is 9.59 Å². The van der Waals surface area contributed by atoms with Gasteiger partial charge in [0.15, 0.2) is 5.78 Å². The van der Waals surface area contributed by atoms with Crippen molar-refractivity contribution < 1.29 is 4.79 Å². The van der Waals surface area contributed by atoms with E-state index in [1.807, 2.05) is 13.8 Å². The quantitative estimate of drug-likeness (QED) is 0.762. The first kappa shape index (κ1) is 11.1. The highest BCUT2D eigenvalue weighted by Gasteiger charge is 2.23. The lowest BCUT2D eigenvalue weighted by Gasteiger charge is -2.21. The summed E-state index contributed by atoms with van der Waals surface area (Å²) in [6, 6.07) is 1.63. The molecule has 3 heteroatoms. The summed E-state index contributed by atoms with van der Waals surface area (Å²) in [4.78, 5) is 23.8. The molecule has 0 amide bonds. The summed E-state index contributed by atoms with van der Waals surface area (Å²) in [5, 5.41) is 0. The van der Waals surface area contributed by atoms with Crippen molar-refractivity contribution in [1.29, 1.82) is 0 Å². The van der Waals surface area contributed by atoms with E-state index >= 15 is 0 Å². The van der Waals surface area contributed by atoms with Gasteiger partial charge in [0.2, 0.25) is 0 Å². The second-order valence-electron chi connectivity index (χ2n) is 4.20. The van der Waals surface area contributed by atoms with Crippen molar-refractivity contribution in [2.75, 3.05) is 0 Å². The van der Waals surface area contributed by atoms with E-state index in [-0.39, 0.29) is 11.3 Å². The van der Waals surface area contributed by atoms with E-state index in [4.69, 9.17) is 0 Å². The Kier molecular flexibility index (Phi) is 2.95. The van der Waals surface area contributed by atoms with Crippen LogP contribution in [0.15, 0.2) is 10.9 Å². The summed E-state index contributed by atoms with van der Waals surface area (Å²) >= 11 is 0. The Balaban J connectivity index is 2.75. The van der Waals surface area contributed by atoms with Crippen LogP contribution in [0.25, 0.3) is 0 Å². The van der Waals surface area contributed by atoms with Gasteiger partial charge in [0.05, 0.1) is 0 Å². The standard InChI is InChI=1S/C13H17NO2/c1-3-9-8-12(16)14(4-2)10-6-5-7-11(15)13(9)10/h8H,3-7H2,1-2H3. The number of pyridine rings is 1. The van der Waals surface area contributed by atoms with E-state index in [0.717, 1.165) is 36.1 Å². The molecule has 0 aromatic carbocycles. The van der Waals surface area contributed by atoms with Crippen LogP contribution in [0.1, 0.15) is 48.3 Å². The molecule has 0 aliphatic heterocycles. The van der Waals surface area contributed by atoms with E-state index in [1.165, 1.54) is 0 Å². The van der Waals surface area contributed by atoms with Gasteiger partial charge in [-0.1, -0.05) is 6.92 Å². The molecular formula is C13H17NO2. The third-order valence-electron chi connectivity index (χ3n) is 3.29. The monoisotopic (exact) mass is 219 g/mol. The predicted octanol–water partition coefficient (Wildman–Crippen LogP) is 1.95. The molecule has 86 valence electrons. The minimum absolute atomic E-state index is 0.0350. The molecular weight excluding hydrogens is 202 g/mol. The largest absolute Gasteiger partial charge is 0.312 e. The minimum atomic E-state index is 0.0350. The minimum Gasteiger partial charge on any atom is -0.312 e. The number of carbonyl (C=O) groups is 1. The lowest BCUT2D eigenvalue weighted by atomic mass is 9.90. The van der Waals surface area contributed by atoms with Crippen molar-refractivity contribution in [3.05, 3.63) is 33.2 Å². The SMILES string of the molecule is CCc1cc(=O)n(CC)c2c1C(=O)CCC2. The first-order valence-corrected chi connectivity index (χ1v) is 5.97. The molecule has 1 aromatic rings. The number of ketones is 1. The fourth-order valence-electron chi connectivity index (χ4n) is 2.52. The number of aromatic nitrogens is 1. The number of rotatable bonds is 2. The van der Waals surface area contributed by atoms with E-state index in [2.05, 4.69) is 0 Å². The summed E-state index contributed by atoms with van der Waals surface area (Å²) in [7, 11) is 0. The summed E-state index contributed by atoms with van der Waals surface area (Å²) < 4.78 is 1.74. The molecule has 16 heavy (non-hydrogen) atoms. The van der Waals surface area contributed by atoms with Crippen molar-refractivity contribution in [2.45, 2.75) is 46.1 Å². The molecule has 0 fully saturated rings. The number of Topliss-reactive ketones (excluding diaryl/α,β-unsaturated/α-hetero) is 1. The van der Waals surface area contributed by atoms with Crippen LogP contribution in [-0.2, 0) is 19.4 Å². The molecule has 0 N–H and O–H groups in total. The zero-order chi connectivity index (χ0) is 11.7. The molecule has 0 radical (unpaired) electrons. The molecule has 3 nitrogen and oxygen atoms in total. The normalized spacial score (nSPS) is 15.0. The van der Waals surface area contributed by atoms with E-state index < -0.39 is 0 Å². The summed E-state index contributed by atoms with van der Waals surface area (Å²) in [5.41, 5.74) is 2.75. The van der Waals surface area contributed by atoms with Gasteiger partial charge in [-0.25, -0.2) is 0 Å². The molecule has 0 bridgehead atoms. The van der Waals surface area contributed by atoms with Crippen molar-refractivity contribution in [3.63, 3.8) is 0 Å². The number of nitrogens with zero attached hydrogens (tertiary/aromatic N) is 1. The number of hydrogen-bond acceptors (Lipinski definition) is 2. The van der Waals surface area contributed by atoms with Crippen LogP contribution >= 0.6 is 0 Å². The van der Waals surface area contributed by atoms with Crippen LogP contribution in [0.5, 0.6) is 0 Å². The lowest BCUT2D eigenvalue weighted by molar-refractivity contribution is 0.0969. The van der Waals surface area contributed by atoms with Gasteiger partial charge < -0.3 is 4.57 Å². The van der Waals surface area contributed by atoms with Crippen molar-refractivity contribution in [2.24, 2.45) is 0 Å². The zero-order valence-electron chi connectivity index (χ0n) is 9.88. The van der Waals surface area contributed by atoms with Crippen molar-refractivity contribution in [3.8, 4) is 0 Å². The van der Waals surface area contributed by atoms with Crippen LogP contribution in [0.4, 0.5) is 0 Å². The van der Waals surface area contributed by atoms with Crippen molar-refractivity contribution in [1.82, 2.24) is 4.57 Å². The first-order valence-electron chi connectivity index (χ1n) is 5.97. The topological polar surface area (TPSA) is 39.1 Å². The number of fused-ring (bicyclic) bond motifs is 1. The number of aryl methyl sites for hydroxylation is 1. The Morgan fingerprint density at radius 3 is 2.62 bits per heavy atom. The highest BCUT2D eigenvalue weighted by molar-refractivity contribution is 5.99. The van der Waals surface area contributed by atoms with E-state index in [1.54, 1.807) is 10.6 Å². The Bertz CT molecular complexity index is 485. The first-order chi connectivity index (χ1) is 7.69. The van der Waals surface area contributed by atoms with Crippen LogP contribution in [0.3, 0.4) is 0 Å². The molecule has 0 saturated carbocycles. The molecule has 0 spiro atoms. The molecule has 0 unspecified atom stereocenters. The summed E-state index contributed by atoms with van der Waals surface area (Å²) in [6.45, 7) is 4.60. The number of hydrogen-bond donors (Lipinski definition) is 0. The van der Waals surface area contributed by atoms with Gasteiger partial charge in [0.1, 0.15) is 0 Å². The van der Waals surface area contributed by atoms with Gasteiger partial charge >= 0.3 is 0 Å². The lowest BCUT2D eigenvalue weighted by Crippen LogP contribution is -2.29. The van der Waals surface area contributed by atoms with Gasteiger partial charge in [-0.3, -0.25) is 9.59 Å². The Labute approximate surface area is 95.1 Å². The fraction of sp³-hybridized carbons (Fsp3) is 0.538. The Morgan fingerprint density at radius 1 is 1.25 bits per heavy atom. The average molecular weight is 219 g/mol. The average Bonchev–Trinajstić information content (AvgIpc) is 2.28. The zero-order valence-corrected chi connectivity index (χ0v) is 9.88. The molecule has 1 aromatic heterocycles. The maximum absolute atomic E-state index is 11.9. The summed E-state index contributed by atoms with van der Waals surface area (Å²) in [6.07, 6.45) is 3.12. The predicted molar refractivity (Wildman–Crippen MR) is 63.0 cm³/mol. The molecule has 2 rings (SSSR count). The highest BCUT2D eigenvalue weighted by Crippen LogP contribution is 2.23. The maximum atomic E-state index is 11.9. The third kappa shape index (κ3) is 1.60. The van der Waals surface area contributed by atoms with Gasteiger partial charge in [-0.2, -0.15) is 0 Å². The highest BCUT2D eigenvalue weighted by atomic mass is 16.1. The van der Waals surface area contributed by atoms with Gasteiger partial charge in [0, 0.05) is 30.3 Å². The molecule has 1 aliphatic rings. The van der Waals surface area contributed by atoms with Crippen molar-refractivity contribution >= 4 is 5.78 Å². The van der Waals surface area contributed by atoms with Crippen LogP contribution < -0.4 is 5.56 Å². The molecule has 0 saturated heterocycles. The Morgan fingerprint density at radius 2 is 2.00 bits per heavy atom. The molecule has 1 heterocycles. The maximum Gasteiger partial charge on any atom is 0.251 e. The molecule has 1 aliphatic carbocycles. The summed E-state index contributed by atoms with van der Waals surface area (Å²) in [5.74, 6) is 0.209. The fourth-order valence-corrected chi connectivity index (χ4v) is 2.52. The van der Waals surface area contributed by atoms with E-state index in [0.29, 0.717) is 13.0 Å². The van der Waals surface area contributed by atoms with Crippen LogP contribution in [0.2, 0.25) is 0 Å². The van der Waals surface area contributed by atoms with Crippen LogP contribution in [-0.4, -0.2) is 10.4 Å². The molecule has 0 atom stereocenters. The van der Waals surface area contributed by atoms with Crippen LogP contribution in [0, 0.1) is 0 Å². The van der Waals surface area contributed by atoms with Gasteiger partial charge in [-0.05, 0) is 31.7 Å². The smallest absolute Gasteiger partial charge is 0.251 e. The Hall–Kier alpha value is -1.38. The second-order valence-corrected chi connectivity index (χ2v) is 4.20. The van der Waals surface area contributed by atoms with Gasteiger partial charge in [-0.15, -0.1) is 0 Å².